The molecule has 2 heterocycles. The van der Waals surface area contributed by atoms with Crippen molar-refractivity contribution in [2.75, 3.05) is 21.2 Å². The Labute approximate surface area is 172 Å². The number of methoxy groups -OCH3 is 1. The van der Waals surface area contributed by atoms with E-state index in [0.29, 0.717) is 11.5 Å². The van der Waals surface area contributed by atoms with Crippen molar-refractivity contribution < 1.29 is 47.5 Å². The summed E-state index contributed by atoms with van der Waals surface area (Å²) in [5, 5.41) is 17.8. The second kappa shape index (κ2) is 9.47. The van der Waals surface area contributed by atoms with Crippen molar-refractivity contribution in [1.29, 1.82) is 0 Å². The maximum Gasteiger partial charge on any atom is 0.433 e. The van der Waals surface area contributed by atoms with Gasteiger partial charge in [-0.15, -0.1) is 10.2 Å². The van der Waals surface area contributed by atoms with Gasteiger partial charge >= 0.3 is 5.88 Å². The van der Waals surface area contributed by atoms with Crippen molar-refractivity contribution in [1.82, 2.24) is 10.2 Å². The number of aromatic nitrogens is 2. The SMILES string of the molecule is COc1ccc(C(c2cn[nH]c2-c2ccc([N+](=O)[O-])o2)=[N+](C)C)cc1.[O-][Cl+3]([O-])([O-])[O-]. The smallest absolute Gasteiger partial charge is 0.433 e. The lowest BCUT2D eigenvalue weighted by Gasteiger charge is -2.17. The molecule has 0 atom stereocenters. The third-order valence-electron chi connectivity index (χ3n) is 3.72. The molecule has 0 aliphatic carbocycles. The Morgan fingerprint density at radius 1 is 1.10 bits per heavy atom. The lowest BCUT2D eigenvalue weighted by atomic mass is 10.0. The van der Waals surface area contributed by atoms with E-state index in [1.165, 1.54) is 6.07 Å². The molecular formula is C17H17ClN4O8. The van der Waals surface area contributed by atoms with Crippen LogP contribution in [-0.4, -0.2) is 46.6 Å². The minimum Gasteiger partial charge on any atom is -0.497 e. The van der Waals surface area contributed by atoms with Gasteiger partial charge in [-0.05, 0) is 30.3 Å². The van der Waals surface area contributed by atoms with Crippen LogP contribution in [0.1, 0.15) is 11.1 Å². The molecular weight excluding hydrogens is 424 g/mol. The first-order valence-electron chi connectivity index (χ1n) is 8.10. The van der Waals surface area contributed by atoms with E-state index in [1.807, 2.05) is 42.9 Å². The van der Waals surface area contributed by atoms with E-state index in [2.05, 4.69) is 10.2 Å². The van der Waals surface area contributed by atoms with Crippen molar-refractivity contribution in [3.05, 3.63) is 63.8 Å². The number of hydrogen-bond donors (Lipinski definition) is 1. The number of rotatable bonds is 5. The summed E-state index contributed by atoms with van der Waals surface area (Å²) in [6.07, 6.45) is 1.67. The number of ether oxygens (including phenoxy) is 1. The summed E-state index contributed by atoms with van der Waals surface area (Å²) >= 11 is 0. The number of benzene rings is 1. The molecule has 1 aromatic carbocycles. The van der Waals surface area contributed by atoms with E-state index in [9.17, 15) is 10.1 Å². The van der Waals surface area contributed by atoms with Crippen LogP contribution >= 0.6 is 0 Å². The maximum atomic E-state index is 10.9. The van der Waals surface area contributed by atoms with Crippen LogP contribution in [0.3, 0.4) is 0 Å². The fourth-order valence-corrected chi connectivity index (χ4v) is 2.62. The first kappa shape index (κ1) is 23.0. The van der Waals surface area contributed by atoms with Crippen molar-refractivity contribution >= 4 is 11.6 Å². The third-order valence-corrected chi connectivity index (χ3v) is 3.72. The highest BCUT2D eigenvalue weighted by molar-refractivity contribution is 6.12. The predicted molar refractivity (Wildman–Crippen MR) is 91.3 cm³/mol. The average Bonchev–Trinajstić information content (AvgIpc) is 3.30. The summed E-state index contributed by atoms with van der Waals surface area (Å²) in [5.41, 5.74) is 3.20. The quantitative estimate of drug-likeness (QED) is 0.201. The monoisotopic (exact) mass is 440 g/mol. The number of nitrogens with zero attached hydrogens (tertiary/aromatic N) is 3. The average molecular weight is 441 g/mol. The van der Waals surface area contributed by atoms with E-state index >= 15 is 0 Å². The van der Waals surface area contributed by atoms with Gasteiger partial charge in [-0.1, -0.05) is 0 Å². The van der Waals surface area contributed by atoms with Crippen molar-refractivity contribution in [2.45, 2.75) is 0 Å². The topological polar surface area (TPSA) is 189 Å². The molecule has 0 fully saturated rings. The lowest BCUT2D eigenvalue weighted by Crippen LogP contribution is -2.68. The van der Waals surface area contributed by atoms with Gasteiger partial charge in [0, 0.05) is 5.56 Å². The number of nitrogens with one attached hydrogen (secondary N) is 1. The molecule has 160 valence electrons. The van der Waals surface area contributed by atoms with Gasteiger partial charge < -0.3 is 9.15 Å². The molecule has 3 rings (SSSR count). The Hall–Kier alpha value is -3.29. The molecule has 13 heteroatoms. The number of nitro groups is 1. The van der Waals surface area contributed by atoms with E-state index in [4.69, 9.17) is 27.8 Å². The molecule has 0 saturated heterocycles. The van der Waals surface area contributed by atoms with Crippen LogP contribution in [-0.2, 0) is 0 Å². The molecule has 1 N–H and O–H groups in total. The van der Waals surface area contributed by atoms with Gasteiger partial charge in [-0.2, -0.15) is 5.10 Å². The summed E-state index contributed by atoms with van der Waals surface area (Å²) < 4.78 is 46.4. The summed E-state index contributed by atoms with van der Waals surface area (Å²) in [5.74, 6) is 0.800. The number of furan rings is 1. The van der Waals surface area contributed by atoms with Gasteiger partial charge in [-0.25, -0.2) is 23.2 Å². The summed E-state index contributed by atoms with van der Waals surface area (Å²) in [6, 6.07) is 10.5. The largest absolute Gasteiger partial charge is 0.497 e. The summed E-state index contributed by atoms with van der Waals surface area (Å²) in [4.78, 5) is 10.3. The molecule has 12 nitrogen and oxygen atoms in total. The number of halogens is 1. The molecule has 0 amide bonds. The van der Waals surface area contributed by atoms with Crippen LogP contribution in [0.2, 0.25) is 0 Å². The van der Waals surface area contributed by atoms with E-state index in [1.54, 1.807) is 19.4 Å². The maximum absolute atomic E-state index is 10.9. The van der Waals surface area contributed by atoms with Gasteiger partial charge in [0.2, 0.25) is 5.71 Å². The Morgan fingerprint density at radius 3 is 2.17 bits per heavy atom. The highest BCUT2D eigenvalue weighted by Gasteiger charge is 2.24. The summed E-state index contributed by atoms with van der Waals surface area (Å²) in [6.45, 7) is 0. The van der Waals surface area contributed by atoms with Gasteiger partial charge in [-0.3, -0.25) is 15.2 Å². The molecule has 0 saturated carbocycles. The highest BCUT2D eigenvalue weighted by atomic mass is 35.7. The van der Waals surface area contributed by atoms with Gasteiger partial charge in [0.15, 0.2) is 5.76 Å². The van der Waals surface area contributed by atoms with Crippen LogP contribution in [0.4, 0.5) is 5.88 Å². The van der Waals surface area contributed by atoms with Crippen molar-refractivity contribution in [2.24, 2.45) is 0 Å². The number of aromatic amines is 1. The second-order valence-electron chi connectivity index (χ2n) is 5.90. The predicted octanol–water partition coefficient (Wildman–Crippen LogP) is -2.06. The molecule has 3 aromatic rings. The molecule has 30 heavy (non-hydrogen) atoms. The number of H-pyrrole nitrogens is 1. The van der Waals surface area contributed by atoms with Gasteiger partial charge in [0.05, 0.1) is 24.9 Å². The molecule has 0 spiro atoms. The molecule has 0 aliphatic heterocycles. The fourth-order valence-electron chi connectivity index (χ4n) is 2.62. The van der Waals surface area contributed by atoms with Crippen molar-refractivity contribution in [3.8, 4) is 17.2 Å². The zero-order valence-corrected chi connectivity index (χ0v) is 16.8. The second-order valence-corrected chi connectivity index (χ2v) is 6.66. The van der Waals surface area contributed by atoms with Crippen LogP contribution in [0.25, 0.3) is 11.5 Å². The normalized spacial score (nSPS) is 10.8. The van der Waals surface area contributed by atoms with E-state index in [-0.39, 0.29) is 5.88 Å². The molecule has 0 unspecified atom stereocenters. The highest BCUT2D eigenvalue weighted by Crippen LogP contribution is 2.28. The van der Waals surface area contributed by atoms with Gasteiger partial charge in [0.1, 0.15) is 30.5 Å². The van der Waals surface area contributed by atoms with E-state index < -0.39 is 15.2 Å². The molecule has 0 bridgehead atoms. The van der Waals surface area contributed by atoms with Crippen LogP contribution in [0.5, 0.6) is 5.75 Å². The van der Waals surface area contributed by atoms with Gasteiger partial charge in [0.25, 0.3) is 0 Å². The first-order valence-corrected chi connectivity index (χ1v) is 9.33. The minimum atomic E-state index is -4.94. The van der Waals surface area contributed by atoms with Crippen LogP contribution < -0.4 is 23.4 Å². The molecule has 0 radical (unpaired) electrons. The fraction of sp³-hybridized carbons (Fsp3) is 0.176. The summed E-state index contributed by atoms with van der Waals surface area (Å²) in [7, 11) is 0.505. The lowest BCUT2D eigenvalue weighted by molar-refractivity contribution is -2.00. The zero-order valence-electron chi connectivity index (χ0n) is 16.0. The minimum absolute atomic E-state index is 0.314. The van der Waals surface area contributed by atoms with Crippen LogP contribution in [0, 0.1) is 20.4 Å². The first-order chi connectivity index (χ1) is 14.0. The Kier molecular flexibility index (Phi) is 7.26. The third kappa shape index (κ3) is 6.10. The molecule has 0 aliphatic rings. The standard InChI is InChI=1S/C17H16N4O4.ClHO4/c1-20(2)17(11-4-6-12(24-3)7-5-11)13-10-18-19-16(13)14-8-9-15(25-14)21(22)23;2-1(3,4)5/h4-10H,1-3H3;(H,2,3,4,5). The number of hydrogen-bond acceptors (Lipinski definition) is 9. The molecule has 2 aromatic heterocycles. The van der Waals surface area contributed by atoms with Crippen LogP contribution in [0.15, 0.2) is 47.0 Å². The Balaban J connectivity index is 0.000000575. The van der Waals surface area contributed by atoms with E-state index in [0.717, 1.165) is 22.6 Å². The Bertz CT molecular complexity index is 1030. The van der Waals surface area contributed by atoms with Crippen molar-refractivity contribution in [3.63, 3.8) is 0 Å². The zero-order chi connectivity index (χ0) is 22.5. The Morgan fingerprint density at radius 2 is 1.70 bits per heavy atom.